The van der Waals surface area contributed by atoms with Crippen molar-refractivity contribution < 1.29 is 19.1 Å². The second-order valence-electron chi connectivity index (χ2n) is 7.29. The lowest BCUT2D eigenvalue weighted by atomic mass is 10.0. The van der Waals surface area contributed by atoms with Gasteiger partial charge in [0, 0.05) is 36.4 Å². The topological polar surface area (TPSA) is 121 Å². The highest BCUT2D eigenvalue weighted by Crippen LogP contribution is 2.28. The lowest BCUT2D eigenvalue weighted by molar-refractivity contribution is -0.111. The number of carbonyl (C=O) groups excluding carboxylic acids is 2. The van der Waals surface area contributed by atoms with Crippen molar-refractivity contribution in [2.45, 2.75) is 32.2 Å². The van der Waals surface area contributed by atoms with Crippen molar-refractivity contribution in [2.75, 3.05) is 11.9 Å². The van der Waals surface area contributed by atoms with Crippen LogP contribution in [-0.2, 0) is 11.3 Å². The van der Waals surface area contributed by atoms with Gasteiger partial charge in [-0.1, -0.05) is 0 Å². The first-order valence-electron chi connectivity index (χ1n) is 9.00. The van der Waals surface area contributed by atoms with Gasteiger partial charge < -0.3 is 21.1 Å². The molecule has 1 atom stereocenters. The minimum Gasteiger partial charge on any atom is -0.404 e. The SMILES string of the molecule is CC(C)(O)[C@H](F)CN1Cc2cc(NC(=O)/C(=C/N)c3ncccn3)ccc2C1=O. The molecule has 1 aromatic heterocycles. The summed E-state index contributed by atoms with van der Waals surface area (Å²) in [4.78, 5) is 34.4. The lowest BCUT2D eigenvalue weighted by Gasteiger charge is -2.26. The Balaban J connectivity index is 1.74. The molecule has 2 heterocycles. The zero-order valence-electron chi connectivity index (χ0n) is 16.1. The first kappa shape index (κ1) is 20.4. The van der Waals surface area contributed by atoms with Crippen LogP contribution in [0.4, 0.5) is 10.1 Å². The van der Waals surface area contributed by atoms with Crippen LogP contribution in [0.1, 0.15) is 35.6 Å². The van der Waals surface area contributed by atoms with Crippen LogP contribution in [0.3, 0.4) is 0 Å². The van der Waals surface area contributed by atoms with E-state index in [4.69, 9.17) is 5.73 Å². The molecule has 1 aliphatic heterocycles. The second kappa shape index (κ2) is 7.96. The number of nitrogens with one attached hydrogen (secondary N) is 1. The van der Waals surface area contributed by atoms with Crippen molar-refractivity contribution in [3.8, 4) is 0 Å². The van der Waals surface area contributed by atoms with Crippen molar-refractivity contribution >= 4 is 23.1 Å². The summed E-state index contributed by atoms with van der Waals surface area (Å²) in [5.74, 6) is -0.619. The summed E-state index contributed by atoms with van der Waals surface area (Å²) in [6, 6.07) is 6.44. The fraction of sp³-hybridized carbons (Fsp3) is 0.300. The van der Waals surface area contributed by atoms with Crippen LogP contribution in [0.25, 0.3) is 5.57 Å². The molecule has 0 saturated heterocycles. The molecule has 3 rings (SSSR count). The summed E-state index contributed by atoms with van der Waals surface area (Å²) in [5.41, 5.74) is 5.67. The first-order valence-corrected chi connectivity index (χ1v) is 9.00. The molecule has 0 saturated carbocycles. The van der Waals surface area contributed by atoms with Gasteiger partial charge in [-0.2, -0.15) is 0 Å². The van der Waals surface area contributed by atoms with Gasteiger partial charge in [0.05, 0.1) is 17.7 Å². The second-order valence-corrected chi connectivity index (χ2v) is 7.29. The molecule has 0 bridgehead atoms. The Labute approximate surface area is 167 Å². The van der Waals surface area contributed by atoms with Crippen LogP contribution in [-0.4, -0.2) is 50.1 Å². The summed E-state index contributed by atoms with van der Waals surface area (Å²) in [5, 5.41) is 12.5. The van der Waals surface area contributed by atoms with E-state index in [1.807, 2.05) is 0 Å². The van der Waals surface area contributed by atoms with E-state index in [0.29, 0.717) is 16.8 Å². The standard InChI is InChI=1S/C20H22FN5O3/c1-20(2,29)16(21)11-26-10-12-8-13(4-5-14(12)19(26)28)25-18(27)15(9-22)17-23-6-3-7-24-17/h3-9,16,29H,10-11,22H2,1-2H3,(H,25,27)/b15-9+/t16-/m1/s1. The molecule has 152 valence electrons. The number of aliphatic hydroxyl groups is 1. The number of alkyl halides is 1. The highest BCUT2D eigenvalue weighted by molar-refractivity contribution is 6.24. The smallest absolute Gasteiger partial charge is 0.260 e. The number of halogens is 1. The molecule has 2 amide bonds. The van der Waals surface area contributed by atoms with E-state index in [1.165, 1.54) is 31.1 Å². The van der Waals surface area contributed by atoms with Gasteiger partial charge in [-0.15, -0.1) is 0 Å². The molecule has 8 nitrogen and oxygen atoms in total. The Bertz CT molecular complexity index is 956. The zero-order chi connectivity index (χ0) is 21.2. The van der Waals surface area contributed by atoms with Crippen LogP contribution < -0.4 is 11.1 Å². The molecular weight excluding hydrogens is 377 g/mol. The zero-order valence-corrected chi connectivity index (χ0v) is 16.1. The Morgan fingerprint density at radius 3 is 2.72 bits per heavy atom. The van der Waals surface area contributed by atoms with Gasteiger partial charge in [0.1, 0.15) is 6.17 Å². The minimum absolute atomic E-state index is 0.106. The van der Waals surface area contributed by atoms with Crippen molar-refractivity contribution in [2.24, 2.45) is 5.73 Å². The van der Waals surface area contributed by atoms with E-state index in [-0.39, 0.29) is 30.4 Å². The Morgan fingerprint density at radius 2 is 2.10 bits per heavy atom. The highest BCUT2D eigenvalue weighted by Gasteiger charge is 2.34. The molecule has 9 heteroatoms. The third-order valence-corrected chi connectivity index (χ3v) is 4.61. The maximum atomic E-state index is 14.2. The third kappa shape index (κ3) is 4.40. The lowest BCUT2D eigenvalue weighted by Crippen LogP contribution is -2.42. The number of fused-ring (bicyclic) bond motifs is 1. The number of rotatable bonds is 6. The maximum Gasteiger partial charge on any atom is 0.260 e. The maximum absolute atomic E-state index is 14.2. The quantitative estimate of drug-likeness (QED) is 0.633. The van der Waals surface area contributed by atoms with Gasteiger partial charge in [0.15, 0.2) is 5.82 Å². The number of aromatic nitrogens is 2. The molecule has 0 spiro atoms. The van der Waals surface area contributed by atoms with Gasteiger partial charge in [-0.25, -0.2) is 14.4 Å². The van der Waals surface area contributed by atoms with E-state index in [9.17, 15) is 19.1 Å². The number of hydrogen-bond acceptors (Lipinski definition) is 6. The molecule has 0 aliphatic carbocycles. The normalized spacial score (nSPS) is 15.2. The summed E-state index contributed by atoms with van der Waals surface area (Å²) >= 11 is 0. The summed E-state index contributed by atoms with van der Waals surface area (Å²) in [7, 11) is 0. The minimum atomic E-state index is -1.58. The van der Waals surface area contributed by atoms with E-state index in [0.717, 1.165) is 6.20 Å². The number of nitrogens with two attached hydrogens (primary N) is 1. The number of hydrogen-bond donors (Lipinski definition) is 3. The van der Waals surface area contributed by atoms with Gasteiger partial charge in [0.25, 0.3) is 11.8 Å². The predicted molar refractivity (Wildman–Crippen MR) is 105 cm³/mol. The number of nitrogens with zero attached hydrogens (tertiary/aromatic N) is 3. The van der Waals surface area contributed by atoms with Crippen LogP contribution in [0.2, 0.25) is 0 Å². The van der Waals surface area contributed by atoms with E-state index >= 15 is 0 Å². The van der Waals surface area contributed by atoms with Gasteiger partial charge in [0.2, 0.25) is 0 Å². The number of carbonyl (C=O) groups is 2. The van der Waals surface area contributed by atoms with Gasteiger partial charge in [-0.05, 0) is 43.7 Å². The average Bonchev–Trinajstić information content (AvgIpc) is 2.97. The summed E-state index contributed by atoms with van der Waals surface area (Å²) < 4.78 is 14.2. The number of amides is 2. The Morgan fingerprint density at radius 1 is 1.41 bits per heavy atom. The monoisotopic (exact) mass is 399 g/mol. The van der Waals surface area contributed by atoms with Crippen molar-refractivity contribution in [3.05, 3.63) is 59.8 Å². The molecule has 2 aromatic rings. The Kier molecular flexibility index (Phi) is 5.60. The van der Waals surface area contributed by atoms with Crippen LogP contribution in [0, 0.1) is 0 Å². The van der Waals surface area contributed by atoms with Crippen molar-refractivity contribution in [3.63, 3.8) is 0 Å². The van der Waals surface area contributed by atoms with E-state index in [2.05, 4.69) is 15.3 Å². The van der Waals surface area contributed by atoms with Crippen LogP contribution in [0.5, 0.6) is 0 Å². The molecule has 1 aromatic carbocycles. The molecule has 1 aliphatic rings. The summed E-state index contributed by atoms with van der Waals surface area (Å²) in [6.07, 6.45) is 2.55. The van der Waals surface area contributed by atoms with Crippen LogP contribution in [0.15, 0.2) is 42.9 Å². The summed E-state index contributed by atoms with van der Waals surface area (Å²) in [6.45, 7) is 2.69. The third-order valence-electron chi connectivity index (χ3n) is 4.61. The van der Waals surface area contributed by atoms with Crippen LogP contribution >= 0.6 is 0 Å². The van der Waals surface area contributed by atoms with Crippen molar-refractivity contribution in [1.82, 2.24) is 14.9 Å². The van der Waals surface area contributed by atoms with Gasteiger partial charge >= 0.3 is 0 Å². The fourth-order valence-electron chi connectivity index (χ4n) is 2.91. The molecule has 0 unspecified atom stereocenters. The number of benzene rings is 1. The first-order chi connectivity index (χ1) is 13.7. The molecule has 0 fully saturated rings. The van der Waals surface area contributed by atoms with E-state index in [1.54, 1.807) is 24.3 Å². The van der Waals surface area contributed by atoms with Crippen molar-refractivity contribution in [1.29, 1.82) is 0 Å². The Hall–Kier alpha value is -3.33. The number of anilines is 1. The van der Waals surface area contributed by atoms with E-state index < -0.39 is 17.7 Å². The van der Waals surface area contributed by atoms with Gasteiger partial charge in [-0.3, -0.25) is 9.59 Å². The fourth-order valence-corrected chi connectivity index (χ4v) is 2.91. The predicted octanol–water partition coefficient (Wildman–Crippen LogP) is 1.48. The highest BCUT2D eigenvalue weighted by atomic mass is 19.1. The largest absolute Gasteiger partial charge is 0.404 e. The molecule has 29 heavy (non-hydrogen) atoms. The average molecular weight is 399 g/mol. The molecule has 0 radical (unpaired) electrons. The molecule has 4 N–H and O–H groups in total. The molecular formula is C20H22FN5O3.